The summed E-state index contributed by atoms with van der Waals surface area (Å²) in [5, 5.41) is 11.0. The van der Waals surface area contributed by atoms with Gasteiger partial charge in [0.1, 0.15) is 12.4 Å². The van der Waals surface area contributed by atoms with Gasteiger partial charge in [0.15, 0.2) is 0 Å². The second-order valence-corrected chi connectivity index (χ2v) is 7.01. The number of carboxylic acids is 1. The fraction of sp³-hybridized carbons (Fsp3) is 0.800. The standard InChI is InChI=1S/C20H36N2O2/c1-4-6-7-8-9-10-11-12-13-19-21(14-5-2)15-16-22(19)17-18(3)20(23)24/h15-16,18H,4-14,17H2,1-3H3. The van der Waals surface area contributed by atoms with Crippen molar-refractivity contribution in [3.63, 3.8) is 0 Å². The third-order valence-electron chi connectivity index (χ3n) is 4.68. The summed E-state index contributed by atoms with van der Waals surface area (Å²) in [6, 6.07) is 0. The van der Waals surface area contributed by atoms with Crippen LogP contribution in [0.25, 0.3) is 0 Å². The first kappa shape index (κ1) is 20.7. The fourth-order valence-electron chi connectivity index (χ4n) is 3.18. The van der Waals surface area contributed by atoms with Crippen LogP contribution in [-0.4, -0.2) is 10.5 Å². The summed E-state index contributed by atoms with van der Waals surface area (Å²) in [6.07, 6.45) is 16.7. The van der Waals surface area contributed by atoms with Gasteiger partial charge in [0.2, 0.25) is 0 Å². The first-order chi connectivity index (χ1) is 11.6. The molecule has 0 N–H and O–H groups in total. The van der Waals surface area contributed by atoms with Gasteiger partial charge in [-0.2, -0.15) is 0 Å². The zero-order valence-electron chi connectivity index (χ0n) is 15.9. The van der Waals surface area contributed by atoms with Gasteiger partial charge in [-0.25, -0.2) is 9.13 Å². The molecule has 138 valence electrons. The molecule has 1 rings (SSSR count). The lowest BCUT2D eigenvalue weighted by Gasteiger charge is -2.11. The van der Waals surface area contributed by atoms with E-state index in [0.717, 1.165) is 19.4 Å². The maximum atomic E-state index is 11.0. The van der Waals surface area contributed by atoms with Crippen molar-refractivity contribution in [3.8, 4) is 0 Å². The van der Waals surface area contributed by atoms with E-state index >= 15 is 0 Å². The van der Waals surface area contributed by atoms with E-state index in [-0.39, 0.29) is 0 Å². The number of aliphatic carboxylic acids is 1. The average Bonchev–Trinajstić information content (AvgIpc) is 2.92. The van der Waals surface area contributed by atoms with Crippen LogP contribution in [0.4, 0.5) is 0 Å². The van der Waals surface area contributed by atoms with E-state index in [9.17, 15) is 9.90 Å². The molecule has 0 bridgehead atoms. The maximum absolute atomic E-state index is 11.0. The largest absolute Gasteiger partial charge is 0.550 e. The van der Waals surface area contributed by atoms with Crippen LogP contribution in [0.3, 0.4) is 0 Å². The number of unbranched alkanes of at least 4 members (excludes halogenated alkanes) is 7. The predicted molar refractivity (Wildman–Crippen MR) is 95.4 cm³/mol. The summed E-state index contributed by atoms with van der Waals surface area (Å²) in [4.78, 5) is 11.0. The quantitative estimate of drug-likeness (QED) is 0.387. The lowest BCUT2D eigenvalue weighted by atomic mass is 10.1. The second kappa shape index (κ2) is 12.1. The van der Waals surface area contributed by atoms with Gasteiger partial charge in [-0.1, -0.05) is 65.7 Å². The van der Waals surface area contributed by atoms with E-state index in [4.69, 9.17) is 0 Å². The van der Waals surface area contributed by atoms with E-state index in [1.54, 1.807) is 6.92 Å². The second-order valence-electron chi connectivity index (χ2n) is 7.01. The summed E-state index contributed by atoms with van der Waals surface area (Å²) in [7, 11) is 0. The van der Waals surface area contributed by atoms with Gasteiger partial charge in [0.25, 0.3) is 5.82 Å². The fourth-order valence-corrected chi connectivity index (χ4v) is 3.18. The number of hydrogen-bond donors (Lipinski definition) is 0. The Morgan fingerprint density at radius 2 is 1.71 bits per heavy atom. The van der Waals surface area contributed by atoms with Gasteiger partial charge in [0.05, 0.1) is 13.1 Å². The third-order valence-corrected chi connectivity index (χ3v) is 4.68. The molecule has 0 amide bonds. The van der Waals surface area contributed by atoms with Crippen LogP contribution in [0, 0.1) is 5.92 Å². The number of imidazole rings is 1. The Hall–Kier alpha value is -1.32. The van der Waals surface area contributed by atoms with Crippen molar-refractivity contribution in [3.05, 3.63) is 18.2 Å². The minimum atomic E-state index is -0.969. The molecular weight excluding hydrogens is 300 g/mol. The van der Waals surface area contributed by atoms with Crippen LogP contribution in [0.5, 0.6) is 0 Å². The lowest BCUT2D eigenvalue weighted by molar-refractivity contribution is -0.708. The first-order valence-corrected chi connectivity index (χ1v) is 9.88. The highest BCUT2D eigenvalue weighted by molar-refractivity contribution is 5.66. The minimum absolute atomic E-state index is 0.454. The Balaban J connectivity index is 2.45. The van der Waals surface area contributed by atoms with Crippen LogP contribution in [0.2, 0.25) is 0 Å². The Kier molecular flexibility index (Phi) is 10.4. The smallest absolute Gasteiger partial charge is 0.256 e. The minimum Gasteiger partial charge on any atom is -0.550 e. The van der Waals surface area contributed by atoms with Crippen molar-refractivity contribution < 1.29 is 14.5 Å². The van der Waals surface area contributed by atoms with E-state index < -0.39 is 11.9 Å². The molecule has 4 nitrogen and oxygen atoms in total. The molecule has 0 aliphatic heterocycles. The van der Waals surface area contributed by atoms with E-state index in [2.05, 4.69) is 29.2 Å². The molecule has 24 heavy (non-hydrogen) atoms. The molecule has 0 aromatic carbocycles. The summed E-state index contributed by atoms with van der Waals surface area (Å²) in [5.74, 6) is -0.163. The van der Waals surface area contributed by atoms with Crippen molar-refractivity contribution in [1.29, 1.82) is 0 Å². The summed E-state index contributed by atoms with van der Waals surface area (Å²) in [6.45, 7) is 7.65. The van der Waals surface area contributed by atoms with E-state index in [0.29, 0.717) is 6.54 Å². The van der Waals surface area contributed by atoms with Gasteiger partial charge in [-0.3, -0.25) is 0 Å². The molecule has 0 fully saturated rings. The Labute approximate surface area is 147 Å². The zero-order chi connectivity index (χ0) is 17.8. The van der Waals surface area contributed by atoms with Crippen molar-refractivity contribution >= 4 is 5.97 Å². The summed E-state index contributed by atoms with van der Waals surface area (Å²) in [5.41, 5.74) is 0. The van der Waals surface area contributed by atoms with Gasteiger partial charge >= 0.3 is 0 Å². The topological polar surface area (TPSA) is 48.9 Å². The number of hydrogen-bond acceptors (Lipinski definition) is 2. The molecule has 0 saturated heterocycles. The number of nitrogens with zero attached hydrogens (tertiary/aromatic N) is 2. The van der Waals surface area contributed by atoms with E-state index in [1.807, 2.05) is 6.20 Å². The number of carboxylic acid groups (broad SMARTS) is 1. The van der Waals surface area contributed by atoms with Crippen molar-refractivity contribution in [2.75, 3.05) is 0 Å². The van der Waals surface area contributed by atoms with Crippen LogP contribution in [0.1, 0.15) is 84.4 Å². The maximum Gasteiger partial charge on any atom is 0.256 e. The van der Waals surface area contributed by atoms with Gasteiger partial charge in [-0.05, 0) is 12.8 Å². The molecule has 0 aliphatic rings. The lowest BCUT2D eigenvalue weighted by Crippen LogP contribution is -2.45. The molecule has 1 heterocycles. The molecule has 1 aromatic rings. The SMILES string of the molecule is CCCCCCCCCCc1n(CCC)cc[n+]1CC(C)C(=O)[O-]. The van der Waals surface area contributed by atoms with Crippen molar-refractivity contribution in [2.24, 2.45) is 5.92 Å². The first-order valence-electron chi connectivity index (χ1n) is 9.88. The monoisotopic (exact) mass is 336 g/mol. The van der Waals surface area contributed by atoms with Crippen molar-refractivity contribution in [2.45, 2.75) is 98.1 Å². The number of aromatic nitrogens is 2. The average molecular weight is 337 g/mol. The molecule has 1 unspecified atom stereocenters. The highest BCUT2D eigenvalue weighted by atomic mass is 16.4. The molecular formula is C20H36N2O2. The van der Waals surface area contributed by atoms with Crippen LogP contribution >= 0.6 is 0 Å². The van der Waals surface area contributed by atoms with Gasteiger partial charge < -0.3 is 9.90 Å². The van der Waals surface area contributed by atoms with Crippen LogP contribution in [-0.2, 0) is 24.3 Å². The van der Waals surface area contributed by atoms with Crippen molar-refractivity contribution in [1.82, 2.24) is 4.57 Å². The molecule has 4 heteroatoms. The number of aryl methyl sites for hydroxylation is 1. The molecule has 1 atom stereocenters. The Bertz CT molecular complexity index is 468. The highest BCUT2D eigenvalue weighted by Crippen LogP contribution is 2.11. The molecule has 0 radical (unpaired) electrons. The molecule has 0 aliphatic carbocycles. The third kappa shape index (κ3) is 7.50. The number of rotatable bonds is 14. The number of carbonyl (C=O) groups excluding carboxylic acids is 1. The summed E-state index contributed by atoms with van der Waals surface area (Å²) >= 11 is 0. The molecule has 0 spiro atoms. The van der Waals surface area contributed by atoms with Crippen LogP contribution in [0.15, 0.2) is 12.4 Å². The molecule has 1 aromatic heterocycles. The van der Waals surface area contributed by atoms with Gasteiger partial charge in [-0.15, -0.1) is 0 Å². The Morgan fingerprint density at radius 3 is 2.29 bits per heavy atom. The molecule has 0 saturated carbocycles. The predicted octanol–water partition coefficient (Wildman–Crippen LogP) is 3.25. The highest BCUT2D eigenvalue weighted by Gasteiger charge is 2.18. The normalized spacial score (nSPS) is 12.5. The van der Waals surface area contributed by atoms with E-state index in [1.165, 1.54) is 57.2 Å². The Morgan fingerprint density at radius 1 is 1.08 bits per heavy atom. The zero-order valence-corrected chi connectivity index (χ0v) is 15.9. The van der Waals surface area contributed by atoms with Gasteiger partial charge in [0, 0.05) is 18.3 Å². The van der Waals surface area contributed by atoms with Crippen LogP contribution < -0.4 is 9.67 Å². The summed E-state index contributed by atoms with van der Waals surface area (Å²) < 4.78 is 4.39. The number of carbonyl (C=O) groups is 1.